The summed E-state index contributed by atoms with van der Waals surface area (Å²) in [7, 11) is -3.50. The average Bonchev–Trinajstić information content (AvgIpc) is 2.41. The number of sulfonamides is 1. The lowest BCUT2D eigenvalue weighted by molar-refractivity contribution is 0.0953. The molecule has 1 aromatic rings. The molecule has 1 rings (SSSR count). The van der Waals surface area contributed by atoms with Crippen LogP contribution < -0.4 is 10.5 Å². The van der Waals surface area contributed by atoms with Gasteiger partial charge in [0.2, 0.25) is 10.0 Å². The van der Waals surface area contributed by atoms with Gasteiger partial charge in [0.1, 0.15) is 6.61 Å². The van der Waals surface area contributed by atoms with E-state index in [-0.39, 0.29) is 31.2 Å². The Morgan fingerprint density at radius 1 is 1.43 bits per heavy atom. The lowest BCUT2D eigenvalue weighted by atomic mass is 10.0. The molecule has 0 fully saturated rings. The summed E-state index contributed by atoms with van der Waals surface area (Å²) in [5.74, 6) is 4.82. The summed E-state index contributed by atoms with van der Waals surface area (Å²) in [5, 5.41) is 16.2. The predicted molar refractivity (Wildman–Crippen MR) is 80.1 cm³/mol. The quantitative estimate of drug-likeness (QED) is 0.514. The minimum absolute atomic E-state index is 0.172. The molecular weight excluding hydrogens is 292 g/mol. The van der Waals surface area contributed by atoms with E-state index in [0.717, 1.165) is 5.56 Å². The summed E-state index contributed by atoms with van der Waals surface area (Å²) in [6.45, 7) is 1.83. The molecule has 7 heteroatoms. The number of carbonyl (C=O) groups is 1. The zero-order valence-corrected chi connectivity index (χ0v) is 12.5. The fourth-order valence-electron chi connectivity index (χ4n) is 1.61. The van der Waals surface area contributed by atoms with E-state index in [9.17, 15) is 13.2 Å². The Balaban J connectivity index is 2.66. The summed E-state index contributed by atoms with van der Waals surface area (Å²) in [6.07, 6.45) is 0.258. The standard InChI is InChI=1S/C14H18N2O4S/c1-11-5-6-13(10-12(11)4-2-8-17)14(18)16-7-3-9-21(15,19)20/h5-6,10,17H,3,7-9H2,1H3,(H,16,18)(H2,15,19,20). The molecule has 0 aliphatic heterocycles. The molecule has 21 heavy (non-hydrogen) atoms. The van der Waals surface area contributed by atoms with Crippen molar-refractivity contribution in [1.82, 2.24) is 5.32 Å². The maximum atomic E-state index is 11.9. The van der Waals surface area contributed by atoms with Crippen molar-refractivity contribution in [3.8, 4) is 11.8 Å². The highest BCUT2D eigenvalue weighted by Gasteiger charge is 2.08. The van der Waals surface area contributed by atoms with Gasteiger partial charge in [-0.2, -0.15) is 0 Å². The van der Waals surface area contributed by atoms with Crippen LogP contribution in [0.5, 0.6) is 0 Å². The highest BCUT2D eigenvalue weighted by Crippen LogP contribution is 2.10. The summed E-state index contributed by atoms with van der Waals surface area (Å²) < 4.78 is 21.5. The molecule has 1 amide bonds. The molecule has 6 nitrogen and oxygen atoms in total. The van der Waals surface area contributed by atoms with Crippen molar-refractivity contribution in [3.05, 3.63) is 34.9 Å². The molecule has 0 unspecified atom stereocenters. The van der Waals surface area contributed by atoms with E-state index in [2.05, 4.69) is 17.2 Å². The second kappa shape index (κ2) is 7.78. The van der Waals surface area contributed by atoms with Gasteiger partial charge < -0.3 is 10.4 Å². The number of nitrogens with one attached hydrogen (secondary N) is 1. The molecule has 0 aromatic heterocycles. The van der Waals surface area contributed by atoms with Gasteiger partial charge in [-0.3, -0.25) is 4.79 Å². The first-order valence-corrected chi connectivity index (χ1v) is 8.04. The van der Waals surface area contributed by atoms with Crippen molar-refractivity contribution in [3.63, 3.8) is 0 Å². The van der Waals surface area contributed by atoms with Crippen LogP contribution in [0.1, 0.15) is 27.9 Å². The highest BCUT2D eigenvalue weighted by atomic mass is 32.2. The number of aliphatic hydroxyl groups is 1. The molecule has 0 radical (unpaired) electrons. The van der Waals surface area contributed by atoms with Crippen LogP contribution in [0, 0.1) is 18.8 Å². The van der Waals surface area contributed by atoms with Gasteiger partial charge in [-0.15, -0.1) is 0 Å². The Morgan fingerprint density at radius 3 is 2.76 bits per heavy atom. The number of rotatable bonds is 5. The van der Waals surface area contributed by atoms with Gasteiger partial charge in [-0.05, 0) is 31.0 Å². The Kier molecular flexibility index (Phi) is 6.37. The first-order valence-electron chi connectivity index (χ1n) is 6.32. The van der Waals surface area contributed by atoms with Gasteiger partial charge in [0.05, 0.1) is 5.75 Å². The van der Waals surface area contributed by atoms with Crippen LogP contribution in [0.25, 0.3) is 0 Å². The number of aliphatic hydroxyl groups excluding tert-OH is 1. The van der Waals surface area contributed by atoms with Crippen molar-refractivity contribution in [2.75, 3.05) is 18.9 Å². The predicted octanol–water partition coefficient (Wildman–Crippen LogP) is -0.253. The van der Waals surface area contributed by atoms with Crippen LogP contribution in [0.3, 0.4) is 0 Å². The Hall–Kier alpha value is -1.88. The summed E-state index contributed by atoms with van der Waals surface area (Å²) in [4.78, 5) is 11.9. The van der Waals surface area contributed by atoms with Crippen LogP contribution >= 0.6 is 0 Å². The molecule has 0 heterocycles. The number of primary sulfonamides is 1. The van der Waals surface area contributed by atoms with Crippen LogP contribution in [0.4, 0.5) is 0 Å². The molecule has 0 atom stereocenters. The van der Waals surface area contributed by atoms with E-state index in [0.29, 0.717) is 11.1 Å². The number of carbonyl (C=O) groups excluding carboxylic acids is 1. The second-order valence-electron chi connectivity index (χ2n) is 4.47. The van der Waals surface area contributed by atoms with Crippen LogP contribution in [-0.4, -0.2) is 38.3 Å². The van der Waals surface area contributed by atoms with Gasteiger partial charge in [0.15, 0.2) is 0 Å². The summed E-state index contributed by atoms with van der Waals surface area (Å²) >= 11 is 0. The van der Waals surface area contributed by atoms with Gasteiger partial charge in [-0.1, -0.05) is 17.9 Å². The van der Waals surface area contributed by atoms with Crippen LogP contribution in [0.2, 0.25) is 0 Å². The first-order chi connectivity index (χ1) is 9.83. The van der Waals surface area contributed by atoms with Crippen LogP contribution in [-0.2, 0) is 10.0 Å². The fourth-order valence-corrected chi connectivity index (χ4v) is 2.16. The fraction of sp³-hybridized carbons (Fsp3) is 0.357. The van der Waals surface area contributed by atoms with Crippen molar-refractivity contribution >= 4 is 15.9 Å². The molecule has 1 aromatic carbocycles. The molecule has 4 N–H and O–H groups in total. The average molecular weight is 310 g/mol. The molecule has 0 spiro atoms. The number of hydrogen-bond acceptors (Lipinski definition) is 4. The molecule has 0 aliphatic carbocycles. The van der Waals surface area contributed by atoms with Gasteiger partial charge in [0.25, 0.3) is 5.91 Å². The van der Waals surface area contributed by atoms with Crippen molar-refractivity contribution < 1.29 is 18.3 Å². The number of hydrogen-bond donors (Lipinski definition) is 3. The minimum atomic E-state index is -3.50. The topological polar surface area (TPSA) is 109 Å². The van der Waals surface area contributed by atoms with Crippen molar-refractivity contribution in [1.29, 1.82) is 0 Å². The Bertz CT molecular complexity index is 672. The van der Waals surface area contributed by atoms with Gasteiger partial charge in [0, 0.05) is 17.7 Å². The zero-order valence-electron chi connectivity index (χ0n) is 11.7. The molecule has 0 saturated carbocycles. The third-order valence-corrected chi connectivity index (χ3v) is 3.55. The number of amides is 1. The maximum absolute atomic E-state index is 11.9. The number of aryl methyl sites for hydroxylation is 1. The molecular formula is C14H18N2O4S. The van der Waals surface area contributed by atoms with E-state index in [4.69, 9.17) is 10.2 Å². The maximum Gasteiger partial charge on any atom is 0.251 e. The molecule has 0 bridgehead atoms. The van der Waals surface area contributed by atoms with Crippen molar-refractivity contribution in [2.45, 2.75) is 13.3 Å². The third-order valence-electron chi connectivity index (χ3n) is 2.69. The van der Waals surface area contributed by atoms with Crippen LogP contribution in [0.15, 0.2) is 18.2 Å². The largest absolute Gasteiger partial charge is 0.384 e. The smallest absolute Gasteiger partial charge is 0.251 e. The normalized spacial score (nSPS) is 10.6. The number of nitrogens with two attached hydrogens (primary N) is 1. The molecule has 114 valence electrons. The lowest BCUT2D eigenvalue weighted by Crippen LogP contribution is -2.27. The first kappa shape index (κ1) is 17.2. The third kappa shape index (κ3) is 6.40. The van der Waals surface area contributed by atoms with Gasteiger partial charge in [-0.25, -0.2) is 13.6 Å². The summed E-state index contributed by atoms with van der Waals surface area (Å²) in [5.41, 5.74) is 2.00. The monoisotopic (exact) mass is 310 g/mol. The summed E-state index contributed by atoms with van der Waals surface area (Å²) in [6, 6.07) is 5.06. The lowest BCUT2D eigenvalue weighted by Gasteiger charge is -2.06. The van der Waals surface area contributed by atoms with Gasteiger partial charge >= 0.3 is 0 Å². The second-order valence-corrected chi connectivity index (χ2v) is 6.20. The zero-order chi connectivity index (χ0) is 15.9. The van der Waals surface area contributed by atoms with Crippen molar-refractivity contribution in [2.24, 2.45) is 5.14 Å². The minimum Gasteiger partial charge on any atom is -0.384 e. The van der Waals surface area contributed by atoms with E-state index in [1.807, 2.05) is 6.92 Å². The molecule has 0 aliphatic rings. The van der Waals surface area contributed by atoms with E-state index >= 15 is 0 Å². The highest BCUT2D eigenvalue weighted by molar-refractivity contribution is 7.89. The number of benzene rings is 1. The Labute approximate surface area is 124 Å². The molecule has 0 saturated heterocycles. The van der Waals surface area contributed by atoms with E-state index in [1.54, 1.807) is 18.2 Å². The van der Waals surface area contributed by atoms with E-state index in [1.165, 1.54) is 0 Å². The SMILES string of the molecule is Cc1ccc(C(=O)NCCCS(N)(=O)=O)cc1C#CCO. The Morgan fingerprint density at radius 2 is 2.14 bits per heavy atom. The van der Waals surface area contributed by atoms with E-state index < -0.39 is 10.0 Å².